The molecule has 0 fully saturated rings. The second-order valence-corrected chi connectivity index (χ2v) is 12.2. The first-order valence-electron chi connectivity index (χ1n) is 14.7. The van der Waals surface area contributed by atoms with Crippen LogP contribution >= 0.6 is 23.5 Å². The number of hydrogen-bond donors (Lipinski definition) is 4. The highest BCUT2D eigenvalue weighted by atomic mass is 32.2. The highest BCUT2D eigenvalue weighted by Crippen LogP contribution is 2.40. The molecule has 0 atom stereocenters. The Balaban J connectivity index is 1.13. The number of hydrogen-bond acceptors (Lipinski definition) is 12. The average Bonchev–Trinajstić information content (AvgIpc) is 3.87. The van der Waals surface area contributed by atoms with E-state index < -0.39 is 92.4 Å². The molecule has 278 valence electrons. The summed E-state index contributed by atoms with van der Waals surface area (Å²) in [7, 11) is 0. The third kappa shape index (κ3) is 7.59. The van der Waals surface area contributed by atoms with Gasteiger partial charge >= 0.3 is 0 Å². The number of aromatic nitrogens is 8. The Morgan fingerprint density at radius 1 is 0.519 bits per heavy atom. The Kier molecular flexibility index (Phi) is 11.2. The van der Waals surface area contributed by atoms with Crippen LogP contribution in [-0.2, 0) is 9.59 Å². The summed E-state index contributed by atoms with van der Waals surface area (Å²) in [6.07, 6.45) is 0. The second kappa shape index (κ2) is 16.2. The van der Waals surface area contributed by atoms with Crippen LogP contribution in [0.25, 0.3) is 22.5 Å². The van der Waals surface area contributed by atoms with Crippen LogP contribution in [0, 0.1) is 46.5 Å². The van der Waals surface area contributed by atoms with Crippen molar-refractivity contribution in [1.82, 2.24) is 51.3 Å². The van der Waals surface area contributed by atoms with Crippen molar-refractivity contribution in [2.45, 2.75) is 10.3 Å². The number of amides is 2. The molecular formula is C30H18F8N12O2S2. The van der Waals surface area contributed by atoms with Gasteiger partial charge in [-0.05, 0) is 45.1 Å². The zero-order valence-corrected chi connectivity index (χ0v) is 28.1. The lowest BCUT2D eigenvalue weighted by Gasteiger charge is -2.17. The molecule has 0 unspecified atom stereocenters. The molecule has 24 heteroatoms. The Bertz CT molecular complexity index is 2130. The SMILES string of the molecule is O=C(CSc1nnnn1-c1ccccc1)NNc1c(F)c(F)c(-c2c(F)c(F)c(NNC(=O)CSc3nnnn3-c3ccccc3)c(F)c2F)c(F)c1F. The Hall–Kier alpha value is -6.30. The second-order valence-electron chi connectivity index (χ2n) is 10.4. The molecule has 2 heterocycles. The number of nitrogens with zero attached hydrogens (tertiary/aromatic N) is 8. The van der Waals surface area contributed by atoms with E-state index in [0.717, 1.165) is 23.5 Å². The lowest BCUT2D eigenvalue weighted by molar-refractivity contribution is -0.118. The van der Waals surface area contributed by atoms with Crippen molar-refractivity contribution in [3.05, 3.63) is 107 Å². The fraction of sp³-hybridized carbons (Fsp3) is 0.0667. The molecule has 0 saturated carbocycles. The largest absolute Gasteiger partial charge is 0.293 e. The maximum absolute atomic E-state index is 15.1. The summed E-state index contributed by atoms with van der Waals surface area (Å²) in [5.41, 5.74) is 0.316. The van der Waals surface area contributed by atoms with Gasteiger partial charge in [0.2, 0.25) is 22.1 Å². The van der Waals surface area contributed by atoms with E-state index >= 15 is 17.6 Å². The Labute approximate surface area is 304 Å². The van der Waals surface area contributed by atoms with Gasteiger partial charge in [0.15, 0.2) is 46.5 Å². The normalized spacial score (nSPS) is 11.0. The van der Waals surface area contributed by atoms with Gasteiger partial charge in [0.05, 0.1) is 34.0 Å². The lowest BCUT2D eigenvalue weighted by atomic mass is 10.00. The molecular weight excluding hydrogens is 777 g/mol. The molecule has 54 heavy (non-hydrogen) atoms. The standard InChI is InChI=1S/C30H18F8N12O2S2/c31-19-17(20(32)24(36)27(23(19)35)41-39-15(51)11-53-29-43-45-47-49(29)13-7-3-1-4-8-13)18-21(33)25(37)28(26(38)22(18)34)42-40-16(52)12-54-30-44-46-48-50(30)14-9-5-2-6-10-14/h1-10,41-42H,11-12H2,(H,39,51)(H,40,52). The molecule has 2 aromatic heterocycles. The minimum absolute atomic E-state index is 0.125. The summed E-state index contributed by atoms with van der Waals surface area (Å²) in [5.74, 6) is -22.2. The molecule has 6 rings (SSSR count). The van der Waals surface area contributed by atoms with E-state index in [2.05, 4.69) is 31.1 Å². The minimum Gasteiger partial charge on any atom is -0.293 e. The third-order valence-corrected chi connectivity index (χ3v) is 8.82. The fourth-order valence-corrected chi connectivity index (χ4v) is 5.90. The number of carbonyl (C=O) groups excluding carboxylic acids is 2. The fourth-order valence-electron chi connectivity index (χ4n) is 4.52. The molecule has 0 aliphatic carbocycles. The number of carbonyl (C=O) groups is 2. The first kappa shape index (κ1) is 37.5. The number of anilines is 2. The molecule has 6 aromatic rings. The predicted molar refractivity (Wildman–Crippen MR) is 175 cm³/mol. The molecule has 0 saturated heterocycles. The van der Waals surface area contributed by atoms with Gasteiger partial charge in [0, 0.05) is 0 Å². The number of benzene rings is 4. The van der Waals surface area contributed by atoms with Gasteiger partial charge in [-0.15, -0.1) is 10.2 Å². The average molecular weight is 795 g/mol. The van der Waals surface area contributed by atoms with Gasteiger partial charge in [0.1, 0.15) is 11.4 Å². The molecule has 0 aliphatic heterocycles. The van der Waals surface area contributed by atoms with Crippen molar-refractivity contribution in [2.75, 3.05) is 22.4 Å². The van der Waals surface area contributed by atoms with Crippen LogP contribution in [0.15, 0.2) is 71.0 Å². The van der Waals surface area contributed by atoms with E-state index in [4.69, 9.17) is 0 Å². The highest BCUT2D eigenvalue weighted by Gasteiger charge is 2.34. The van der Waals surface area contributed by atoms with E-state index in [-0.39, 0.29) is 10.3 Å². The van der Waals surface area contributed by atoms with Crippen LogP contribution in [0.4, 0.5) is 46.5 Å². The van der Waals surface area contributed by atoms with Crippen molar-refractivity contribution < 1.29 is 44.7 Å². The molecule has 0 aliphatic rings. The Morgan fingerprint density at radius 2 is 0.852 bits per heavy atom. The molecule has 2 amide bonds. The predicted octanol–water partition coefficient (Wildman–Crippen LogP) is 4.89. The monoisotopic (exact) mass is 794 g/mol. The van der Waals surface area contributed by atoms with Crippen LogP contribution in [0.2, 0.25) is 0 Å². The topological polar surface area (TPSA) is 169 Å². The Morgan fingerprint density at radius 3 is 1.19 bits per heavy atom. The smallest absolute Gasteiger partial charge is 0.248 e. The lowest BCUT2D eigenvalue weighted by Crippen LogP contribution is -2.32. The molecule has 0 spiro atoms. The third-order valence-electron chi connectivity index (χ3n) is 6.98. The minimum atomic E-state index is -2.48. The molecule has 4 aromatic carbocycles. The van der Waals surface area contributed by atoms with Gasteiger partial charge in [-0.1, -0.05) is 59.9 Å². The number of hydrazine groups is 2. The van der Waals surface area contributed by atoms with Crippen molar-refractivity contribution in [3.63, 3.8) is 0 Å². The van der Waals surface area contributed by atoms with E-state index in [1.54, 1.807) is 82.4 Å². The van der Waals surface area contributed by atoms with Crippen LogP contribution in [0.5, 0.6) is 0 Å². The van der Waals surface area contributed by atoms with Crippen molar-refractivity contribution in [3.8, 4) is 22.5 Å². The van der Waals surface area contributed by atoms with E-state index in [0.29, 0.717) is 11.4 Å². The van der Waals surface area contributed by atoms with Crippen molar-refractivity contribution in [1.29, 1.82) is 0 Å². The molecule has 0 radical (unpaired) electrons. The maximum Gasteiger partial charge on any atom is 0.248 e. The van der Waals surface area contributed by atoms with Gasteiger partial charge in [-0.3, -0.25) is 31.3 Å². The van der Waals surface area contributed by atoms with Gasteiger partial charge in [0.25, 0.3) is 0 Å². The van der Waals surface area contributed by atoms with Crippen molar-refractivity contribution >= 4 is 46.7 Å². The van der Waals surface area contributed by atoms with Crippen LogP contribution in [0.3, 0.4) is 0 Å². The summed E-state index contributed by atoms with van der Waals surface area (Å²) < 4.78 is 123. The first-order valence-corrected chi connectivity index (χ1v) is 16.7. The number of thioether (sulfide) groups is 2. The van der Waals surface area contributed by atoms with E-state index in [1.807, 2.05) is 0 Å². The quantitative estimate of drug-likeness (QED) is 0.0542. The van der Waals surface area contributed by atoms with Crippen LogP contribution in [-0.4, -0.2) is 63.7 Å². The zero-order chi connectivity index (χ0) is 38.5. The maximum atomic E-state index is 15.1. The summed E-state index contributed by atoms with van der Waals surface area (Å²) >= 11 is 1.53. The number of rotatable bonds is 13. The highest BCUT2D eigenvalue weighted by molar-refractivity contribution is 8.00. The number of halogens is 8. The van der Waals surface area contributed by atoms with Crippen LogP contribution < -0.4 is 21.7 Å². The summed E-state index contributed by atoms with van der Waals surface area (Å²) in [6, 6.07) is 16.9. The molecule has 4 N–H and O–H groups in total. The van der Waals surface area contributed by atoms with Gasteiger partial charge in [-0.2, -0.15) is 9.36 Å². The summed E-state index contributed by atoms with van der Waals surface area (Å²) in [5, 5.41) is 22.3. The summed E-state index contributed by atoms with van der Waals surface area (Å²) in [4.78, 5) is 24.7. The van der Waals surface area contributed by atoms with Crippen LogP contribution in [0.1, 0.15) is 0 Å². The number of nitrogens with one attached hydrogen (secondary N) is 4. The van der Waals surface area contributed by atoms with Gasteiger partial charge in [-0.25, -0.2) is 35.1 Å². The molecule has 14 nitrogen and oxygen atoms in total. The molecule has 0 bridgehead atoms. The summed E-state index contributed by atoms with van der Waals surface area (Å²) in [6.45, 7) is 0. The number of tetrazole rings is 2. The first-order chi connectivity index (χ1) is 26.0. The van der Waals surface area contributed by atoms with Gasteiger partial charge < -0.3 is 0 Å². The van der Waals surface area contributed by atoms with E-state index in [9.17, 15) is 27.2 Å². The number of para-hydroxylation sites is 2. The van der Waals surface area contributed by atoms with E-state index in [1.165, 1.54) is 9.36 Å². The van der Waals surface area contributed by atoms with Crippen molar-refractivity contribution in [2.24, 2.45) is 0 Å². The zero-order valence-electron chi connectivity index (χ0n) is 26.4.